The van der Waals surface area contributed by atoms with Crippen molar-refractivity contribution < 1.29 is 0 Å². The first kappa shape index (κ1) is 28.1. The van der Waals surface area contributed by atoms with Crippen LogP contribution >= 0.6 is 11.3 Å². The van der Waals surface area contributed by atoms with Crippen LogP contribution in [0.15, 0.2) is 188 Å². The number of fused-ring (bicyclic) bond motifs is 7. The number of hydrogen-bond acceptors (Lipinski definition) is 2. The monoisotopic (exact) mass is 641 g/mol. The van der Waals surface area contributed by atoms with Crippen LogP contribution in [0.2, 0.25) is 0 Å². The number of rotatable bonds is 5. The summed E-state index contributed by atoms with van der Waals surface area (Å²) in [5.41, 5.74) is 10.8. The fourth-order valence-corrected chi connectivity index (χ4v) is 9.33. The van der Waals surface area contributed by atoms with E-state index in [9.17, 15) is 0 Å². The van der Waals surface area contributed by atoms with Gasteiger partial charge in [-0.2, -0.15) is 0 Å². The highest BCUT2D eigenvalue weighted by Crippen LogP contribution is 2.57. The minimum atomic E-state index is -0.427. The summed E-state index contributed by atoms with van der Waals surface area (Å²) in [6.45, 7) is 0. The molecular weight excluding hydrogens is 611 g/mol. The van der Waals surface area contributed by atoms with E-state index in [0.717, 1.165) is 17.1 Å². The maximum absolute atomic E-state index is 2.46. The molecule has 0 N–H and O–H groups in total. The van der Waals surface area contributed by atoms with Gasteiger partial charge in [0.2, 0.25) is 0 Å². The van der Waals surface area contributed by atoms with Crippen LogP contribution in [0.3, 0.4) is 0 Å². The Morgan fingerprint density at radius 2 is 0.980 bits per heavy atom. The van der Waals surface area contributed by atoms with Crippen molar-refractivity contribution in [2.24, 2.45) is 0 Å². The minimum absolute atomic E-state index is 0.427. The van der Waals surface area contributed by atoms with Gasteiger partial charge in [-0.15, -0.1) is 11.3 Å². The van der Waals surface area contributed by atoms with Crippen molar-refractivity contribution in [3.63, 3.8) is 0 Å². The van der Waals surface area contributed by atoms with Gasteiger partial charge in [0.25, 0.3) is 0 Å². The topological polar surface area (TPSA) is 3.24 Å². The number of para-hydroxylation sites is 1. The molecule has 0 fully saturated rings. The molecule has 0 spiro atoms. The van der Waals surface area contributed by atoms with Crippen LogP contribution in [0.4, 0.5) is 17.1 Å². The molecule has 230 valence electrons. The number of thiophene rings is 1. The molecule has 0 aliphatic heterocycles. The van der Waals surface area contributed by atoms with Crippen LogP contribution in [-0.4, -0.2) is 0 Å². The Labute approximate surface area is 290 Å². The van der Waals surface area contributed by atoms with Crippen LogP contribution in [0.5, 0.6) is 0 Å². The van der Waals surface area contributed by atoms with Crippen molar-refractivity contribution in [2.45, 2.75) is 5.41 Å². The molecule has 8 aromatic carbocycles. The summed E-state index contributed by atoms with van der Waals surface area (Å²) in [4.78, 5) is 2.40. The first-order chi connectivity index (χ1) is 24.3. The van der Waals surface area contributed by atoms with Crippen LogP contribution in [-0.2, 0) is 5.41 Å². The Morgan fingerprint density at radius 1 is 0.367 bits per heavy atom. The Hall–Kier alpha value is -5.96. The first-order valence-electron chi connectivity index (χ1n) is 16.8. The molecule has 9 aromatic rings. The van der Waals surface area contributed by atoms with Gasteiger partial charge in [0.15, 0.2) is 0 Å². The van der Waals surface area contributed by atoms with Crippen molar-refractivity contribution >= 4 is 59.3 Å². The summed E-state index contributed by atoms with van der Waals surface area (Å²) >= 11 is 1.86. The number of hydrogen-bond donors (Lipinski definition) is 0. The normalized spacial score (nSPS) is 13.1. The highest BCUT2D eigenvalue weighted by molar-refractivity contribution is 7.25. The first-order valence-corrected chi connectivity index (χ1v) is 17.7. The maximum Gasteiger partial charge on any atom is 0.0713 e. The molecule has 0 amide bonds. The third kappa shape index (κ3) is 4.24. The summed E-state index contributed by atoms with van der Waals surface area (Å²) in [5.74, 6) is 0. The van der Waals surface area contributed by atoms with Crippen molar-refractivity contribution in [1.82, 2.24) is 0 Å². The lowest BCUT2D eigenvalue weighted by Crippen LogP contribution is -2.28. The number of anilines is 3. The molecule has 0 bridgehead atoms. The second-order valence-electron chi connectivity index (χ2n) is 12.9. The van der Waals surface area contributed by atoms with Gasteiger partial charge in [0.05, 0.1) is 5.41 Å². The van der Waals surface area contributed by atoms with E-state index in [2.05, 4.69) is 193 Å². The fourth-order valence-electron chi connectivity index (χ4n) is 8.19. The van der Waals surface area contributed by atoms with Gasteiger partial charge in [0, 0.05) is 37.2 Å². The SMILES string of the molecule is c1ccc(N(c2ccc3cc4c(cc3c2)C(c2ccccc2)(c2ccccc2)c2ccccc2-4)c2ccc3c(c2)sc2ccccc23)cc1. The van der Waals surface area contributed by atoms with Gasteiger partial charge < -0.3 is 4.90 Å². The smallest absolute Gasteiger partial charge is 0.0713 e. The van der Waals surface area contributed by atoms with Gasteiger partial charge in [-0.05, 0) is 98.8 Å². The van der Waals surface area contributed by atoms with Crippen LogP contribution in [0, 0.1) is 0 Å². The number of nitrogens with zero attached hydrogens (tertiary/aromatic N) is 1. The third-order valence-electron chi connectivity index (χ3n) is 10.3. The lowest BCUT2D eigenvalue weighted by Gasteiger charge is -2.34. The zero-order valence-electron chi connectivity index (χ0n) is 26.8. The van der Waals surface area contributed by atoms with E-state index >= 15 is 0 Å². The van der Waals surface area contributed by atoms with Crippen LogP contribution in [0.25, 0.3) is 42.1 Å². The molecule has 0 radical (unpaired) electrons. The lowest BCUT2D eigenvalue weighted by atomic mass is 9.67. The van der Waals surface area contributed by atoms with Crippen molar-refractivity contribution in [3.8, 4) is 11.1 Å². The minimum Gasteiger partial charge on any atom is -0.310 e. The Balaban J connectivity index is 1.21. The van der Waals surface area contributed by atoms with Crippen molar-refractivity contribution in [3.05, 3.63) is 210 Å². The summed E-state index contributed by atoms with van der Waals surface area (Å²) in [5, 5.41) is 5.09. The maximum atomic E-state index is 2.46. The van der Waals surface area contributed by atoms with Gasteiger partial charge >= 0.3 is 0 Å². The Morgan fingerprint density at radius 3 is 1.76 bits per heavy atom. The summed E-state index contributed by atoms with van der Waals surface area (Å²) < 4.78 is 2.62. The molecule has 10 rings (SSSR count). The standard InChI is InChI=1S/C47H31NS/c1-4-14-34(15-5-1)47(35-16-6-2-7-17-35)43-22-12-10-20-39(43)42-29-32-24-25-37(28-33(32)30-44(42)47)48(36-18-8-3-9-19-36)38-26-27-41-40-21-11-13-23-45(40)49-46(41)31-38/h1-31H. The average molecular weight is 642 g/mol. The second-order valence-corrected chi connectivity index (χ2v) is 14.0. The third-order valence-corrected chi connectivity index (χ3v) is 11.4. The molecule has 0 unspecified atom stereocenters. The van der Waals surface area contributed by atoms with Gasteiger partial charge in [-0.3, -0.25) is 0 Å². The van der Waals surface area contributed by atoms with E-state index in [1.165, 1.54) is 64.3 Å². The largest absolute Gasteiger partial charge is 0.310 e. The van der Waals surface area contributed by atoms with E-state index in [-0.39, 0.29) is 0 Å². The van der Waals surface area contributed by atoms with E-state index in [0.29, 0.717) is 0 Å². The van der Waals surface area contributed by atoms with E-state index in [1.54, 1.807) is 0 Å². The van der Waals surface area contributed by atoms with Crippen LogP contribution in [0.1, 0.15) is 22.3 Å². The quantitative estimate of drug-likeness (QED) is 0.181. The van der Waals surface area contributed by atoms with E-state index < -0.39 is 5.41 Å². The molecule has 1 heterocycles. The van der Waals surface area contributed by atoms with Crippen molar-refractivity contribution in [2.75, 3.05) is 4.90 Å². The molecule has 2 heteroatoms. The predicted octanol–water partition coefficient (Wildman–Crippen LogP) is 13.0. The van der Waals surface area contributed by atoms with Gasteiger partial charge in [-0.1, -0.05) is 133 Å². The fraction of sp³-hybridized carbons (Fsp3) is 0.0213. The molecule has 49 heavy (non-hydrogen) atoms. The van der Waals surface area contributed by atoms with Crippen LogP contribution < -0.4 is 4.90 Å². The zero-order chi connectivity index (χ0) is 32.4. The Bertz CT molecular complexity index is 2620. The molecule has 1 aromatic heterocycles. The summed E-state index contributed by atoms with van der Waals surface area (Å²) in [7, 11) is 0. The molecule has 0 saturated carbocycles. The molecule has 1 nitrogen and oxygen atoms in total. The van der Waals surface area contributed by atoms with Gasteiger partial charge in [0.1, 0.15) is 0 Å². The van der Waals surface area contributed by atoms with E-state index in [4.69, 9.17) is 0 Å². The second kappa shape index (κ2) is 11.1. The average Bonchev–Trinajstić information content (AvgIpc) is 3.68. The molecule has 0 saturated heterocycles. The van der Waals surface area contributed by atoms with Crippen molar-refractivity contribution in [1.29, 1.82) is 0 Å². The zero-order valence-corrected chi connectivity index (χ0v) is 27.6. The molecule has 1 aliphatic carbocycles. The summed E-state index contributed by atoms with van der Waals surface area (Å²) in [6, 6.07) is 69.3. The van der Waals surface area contributed by atoms with Gasteiger partial charge in [-0.25, -0.2) is 0 Å². The highest BCUT2D eigenvalue weighted by Gasteiger charge is 2.46. The van der Waals surface area contributed by atoms with E-state index in [1.807, 2.05) is 11.3 Å². The lowest BCUT2D eigenvalue weighted by molar-refractivity contribution is 0.769. The molecule has 0 atom stereocenters. The molecular formula is C47H31NS. The molecule has 1 aliphatic rings. The summed E-state index contributed by atoms with van der Waals surface area (Å²) in [6.07, 6.45) is 0. The highest BCUT2D eigenvalue weighted by atomic mass is 32.1. The predicted molar refractivity (Wildman–Crippen MR) is 209 cm³/mol. The Kier molecular flexibility index (Phi) is 6.34. The number of benzene rings is 8.